The summed E-state index contributed by atoms with van der Waals surface area (Å²) in [6.45, 7) is 1.89. The van der Waals surface area contributed by atoms with Gasteiger partial charge in [-0.05, 0) is 37.3 Å². The van der Waals surface area contributed by atoms with Gasteiger partial charge in [0.15, 0.2) is 0 Å². The van der Waals surface area contributed by atoms with E-state index in [-0.39, 0.29) is 18.4 Å². The van der Waals surface area contributed by atoms with E-state index in [1.165, 1.54) is 0 Å². The fourth-order valence-corrected chi connectivity index (χ4v) is 3.81. The number of ether oxygens (including phenoxy) is 1. The number of carbonyl (C=O) groups excluding carboxylic acids is 1. The lowest BCUT2D eigenvalue weighted by atomic mass is 10.2. The second kappa shape index (κ2) is 8.19. The van der Waals surface area contributed by atoms with Crippen LogP contribution in [0.15, 0.2) is 73.1 Å². The van der Waals surface area contributed by atoms with Gasteiger partial charge < -0.3 is 10.1 Å². The third-order valence-corrected chi connectivity index (χ3v) is 5.19. The number of thiazole rings is 1. The Balaban J connectivity index is 1.42. The van der Waals surface area contributed by atoms with E-state index in [4.69, 9.17) is 4.74 Å². The van der Waals surface area contributed by atoms with E-state index in [2.05, 4.69) is 15.3 Å². The summed E-state index contributed by atoms with van der Waals surface area (Å²) in [7, 11) is 0. The van der Waals surface area contributed by atoms with Gasteiger partial charge in [-0.15, -0.1) is 11.3 Å². The van der Waals surface area contributed by atoms with Crippen LogP contribution in [0.25, 0.3) is 20.8 Å². The summed E-state index contributed by atoms with van der Waals surface area (Å²) >= 11 is 1.58. The van der Waals surface area contributed by atoms with Crippen LogP contribution in [0.2, 0.25) is 0 Å². The lowest BCUT2D eigenvalue weighted by Crippen LogP contribution is -2.22. The van der Waals surface area contributed by atoms with Crippen molar-refractivity contribution < 1.29 is 9.53 Å². The molecule has 0 aliphatic carbocycles. The smallest absolute Gasteiger partial charge is 0.228 e. The Labute approximate surface area is 167 Å². The molecule has 1 unspecified atom stereocenters. The van der Waals surface area contributed by atoms with Crippen molar-refractivity contribution >= 4 is 33.1 Å². The number of hydrogen-bond donors (Lipinski definition) is 1. The van der Waals surface area contributed by atoms with Crippen molar-refractivity contribution in [3.63, 3.8) is 0 Å². The van der Waals surface area contributed by atoms with Crippen LogP contribution in [0, 0.1) is 0 Å². The van der Waals surface area contributed by atoms with Crippen molar-refractivity contribution in [2.75, 3.05) is 5.32 Å². The number of nitrogens with zero attached hydrogens (tertiary/aromatic N) is 2. The van der Waals surface area contributed by atoms with E-state index in [1.807, 2.05) is 73.8 Å². The maximum Gasteiger partial charge on any atom is 0.228 e. The molecule has 140 valence electrons. The number of aromatic nitrogens is 2. The highest BCUT2D eigenvalue weighted by molar-refractivity contribution is 7.21. The van der Waals surface area contributed by atoms with Gasteiger partial charge in [-0.3, -0.25) is 9.78 Å². The first-order valence-electron chi connectivity index (χ1n) is 9.00. The lowest BCUT2D eigenvalue weighted by molar-refractivity contribution is -0.117. The molecule has 1 atom stereocenters. The first-order chi connectivity index (χ1) is 13.7. The maximum absolute atomic E-state index is 12.4. The van der Waals surface area contributed by atoms with Gasteiger partial charge in [0.1, 0.15) is 16.9 Å². The number of benzene rings is 2. The molecule has 0 saturated carbocycles. The highest BCUT2D eigenvalue weighted by Gasteiger charge is 2.12. The molecule has 4 aromatic rings. The van der Waals surface area contributed by atoms with E-state index in [9.17, 15) is 4.79 Å². The molecule has 2 aromatic carbocycles. The molecule has 0 aliphatic heterocycles. The minimum atomic E-state index is -0.220. The van der Waals surface area contributed by atoms with Crippen LogP contribution in [0.3, 0.4) is 0 Å². The SMILES string of the molecule is CC(CC(=O)Nc1cccc(-c2nc3ccncc3s2)c1)Oc1ccccc1. The van der Waals surface area contributed by atoms with Gasteiger partial charge in [0, 0.05) is 23.6 Å². The number of carbonyl (C=O) groups is 1. The number of pyridine rings is 1. The largest absolute Gasteiger partial charge is 0.490 e. The summed E-state index contributed by atoms with van der Waals surface area (Å²) in [5.41, 5.74) is 2.63. The van der Waals surface area contributed by atoms with Crippen molar-refractivity contribution in [2.24, 2.45) is 0 Å². The van der Waals surface area contributed by atoms with Gasteiger partial charge in [-0.2, -0.15) is 0 Å². The molecule has 1 amide bonds. The number of amides is 1. The quantitative estimate of drug-likeness (QED) is 0.495. The van der Waals surface area contributed by atoms with Crippen LogP contribution >= 0.6 is 11.3 Å². The molecule has 0 radical (unpaired) electrons. The molecular formula is C22H19N3O2S. The van der Waals surface area contributed by atoms with Crippen molar-refractivity contribution in [3.8, 4) is 16.3 Å². The standard InChI is InChI=1S/C22H19N3O2S/c1-15(27-18-8-3-2-4-9-18)12-21(26)24-17-7-5-6-16(13-17)22-25-19-10-11-23-14-20(19)28-22/h2-11,13-15H,12H2,1H3,(H,24,26). The number of anilines is 1. The van der Waals surface area contributed by atoms with Crippen LogP contribution < -0.4 is 10.1 Å². The lowest BCUT2D eigenvalue weighted by Gasteiger charge is -2.14. The topological polar surface area (TPSA) is 64.1 Å². The predicted molar refractivity (Wildman–Crippen MR) is 113 cm³/mol. The van der Waals surface area contributed by atoms with Crippen LogP contribution in [0.1, 0.15) is 13.3 Å². The molecule has 0 bridgehead atoms. The molecule has 1 N–H and O–H groups in total. The number of rotatable bonds is 6. The molecule has 4 rings (SSSR count). The van der Waals surface area contributed by atoms with Gasteiger partial charge in [-0.25, -0.2) is 4.98 Å². The zero-order chi connectivity index (χ0) is 19.3. The minimum Gasteiger partial charge on any atom is -0.490 e. The Morgan fingerprint density at radius 1 is 1.14 bits per heavy atom. The highest BCUT2D eigenvalue weighted by Crippen LogP contribution is 2.30. The normalized spacial score (nSPS) is 11.9. The molecule has 5 nitrogen and oxygen atoms in total. The second-order valence-electron chi connectivity index (χ2n) is 6.44. The van der Waals surface area contributed by atoms with Crippen LogP contribution in [-0.2, 0) is 4.79 Å². The Kier molecular flexibility index (Phi) is 5.30. The van der Waals surface area contributed by atoms with E-state index < -0.39 is 0 Å². The molecule has 0 saturated heterocycles. The monoisotopic (exact) mass is 389 g/mol. The molecule has 2 aromatic heterocycles. The molecular weight excluding hydrogens is 370 g/mol. The average molecular weight is 389 g/mol. The second-order valence-corrected chi connectivity index (χ2v) is 7.47. The Morgan fingerprint density at radius 3 is 2.82 bits per heavy atom. The number of nitrogens with one attached hydrogen (secondary N) is 1. The third-order valence-electron chi connectivity index (χ3n) is 4.14. The van der Waals surface area contributed by atoms with Gasteiger partial charge in [0.2, 0.25) is 5.91 Å². The Hall–Kier alpha value is -3.25. The summed E-state index contributed by atoms with van der Waals surface area (Å²) in [6.07, 6.45) is 3.60. The summed E-state index contributed by atoms with van der Waals surface area (Å²) in [5.74, 6) is 0.671. The van der Waals surface area contributed by atoms with Crippen molar-refractivity contribution in [1.82, 2.24) is 9.97 Å². The minimum absolute atomic E-state index is 0.0888. The molecule has 6 heteroatoms. The van der Waals surface area contributed by atoms with E-state index >= 15 is 0 Å². The van der Waals surface area contributed by atoms with E-state index in [1.54, 1.807) is 17.5 Å². The maximum atomic E-state index is 12.4. The molecule has 0 spiro atoms. The fourth-order valence-electron chi connectivity index (χ4n) is 2.88. The molecule has 2 heterocycles. The van der Waals surface area contributed by atoms with Crippen molar-refractivity contribution in [1.29, 1.82) is 0 Å². The van der Waals surface area contributed by atoms with Crippen LogP contribution in [0.5, 0.6) is 5.75 Å². The molecule has 0 aliphatic rings. The highest BCUT2D eigenvalue weighted by atomic mass is 32.1. The number of para-hydroxylation sites is 1. The van der Waals surface area contributed by atoms with Crippen LogP contribution in [-0.4, -0.2) is 22.0 Å². The summed E-state index contributed by atoms with van der Waals surface area (Å²) in [4.78, 5) is 21.2. The van der Waals surface area contributed by atoms with Crippen molar-refractivity contribution in [2.45, 2.75) is 19.4 Å². The Bertz CT molecular complexity index is 1060. The van der Waals surface area contributed by atoms with Gasteiger partial charge in [0.05, 0.1) is 16.6 Å². The number of hydrogen-bond acceptors (Lipinski definition) is 5. The summed E-state index contributed by atoms with van der Waals surface area (Å²) in [5, 5.41) is 3.85. The first-order valence-corrected chi connectivity index (χ1v) is 9.81. The Morgan fingerprint density at radius 2 is 2.00 bits per heavy atom. The van der Waals surface area contributed by atoms with E-state index in [0.29, 0.717) is 0 Å². The predicted octanol–water partition coefficient (Wildman–Crippen LogP) is 5.15. The summed E-state index contributed by atoms with van der Waals surface area (Å²) < 4.78 is 6.81. The van der Waals surface area contributed by atoms with Crippen LogP contribution in [0.4, 0.5) is 5.69 Å². The first kappa shape index (κ1) is 18.1. The van der Waals surface area contributed by atoms with Gasteiger partial charge >= 0.3 is 0 Å². The zero-order valence-electron chi connectivity index (χ0n) is 15.3. The van der Waals surface area contributed by atoms with Gasteiger partial charge in [0.25, 0.3) is 0 Å². The van der Waals surface area contributed by atoms with Gasteiger partial charge in [-0.1, -0.05) is 30.3 Å². The summed E-state index contributed by atoms with van der Waals surface area (Å²) in [6, 6.07) is 19.1. The zero-order valence-corrected chi connectivity index (χ0v) is 16.1. The van der Waals surface area contributed by atoms with Crippen molar-refractivity contribution in [3.05, 3.63) is 73.1 Å². The van der Waals surface area contributed by atoms with E-state index in [0.717, 1.165) is 32.2 Å². The number of fused-ring (bicyclic) bond motifs is 1. The average Bonchev–Trinajstić information content (AvgIpc) is 3.13. The molecule has 28 heavy (non-hydrogen) atoms. The fraction of sp³-hybridized carbons (Fsp3) is 0.136. The molecule has 0 fully saturated rings. The third kappa shape index (κ3) is 4.35.